The monoisotopic (exact) mass is 445 g/mol. The molecule has 0 radical (unpaired) electrons. The molecule has 2 aromatic carbocycles. The molecule has 0 saturated heterocycles. The second-order valence-electron chi connectivity index (χ2n) is 7.56. The highest BCUT2D eigenvalue weighted by Gasteiger charge is 2.32. The van der Waals surface area contributed by atoms with Crippen LogP contribution in [-0.2, 0) is 26.2 Å². The van der Waals surface area contributed by atoms with Gasteiger partial charge in [-0.05, 0) is 37.0 Å². The van der Waals surface area contributed by atoms with Crippen LogP contribution in [0.4, 0.5) is 5.69 Å². The Balaban J connectivity index is 2.47. The van der Waals surface area contributed by atoms with Gasteiger partial charge in [-0.2, -0.15) is 0 Å². The molecule has 0 aliphatic carbocycles. The summed E-state index contributed by atoms with van der Waals surface area (Å²) in [4.78, 5) is 27.4. The Bertz CT molecular complexity index is 1000. The molecule has 0 aliphatic rings. The fraction of sp³-hybridized carbons (Fsp3) is 0.391. The van der Waals surface area contributed by atoms with Crippen LogP contribution in [-0.4, -0.2) is 51.0 Å². The van der Waals surface area contributed by atoms with E-state index in [1.165, 1.54) is 11.9 Å². The third-order valence-electron chi connectivity index (χ3n) is 5.20. The van der Waals surface area contributed by atoms with Gasteiger partial charge in [0.2, 0.25) is 21.8 Å². The van der Waals surface area contributed by atoms with Crippen molar-refractivity contribution in [1.29, 1.82) is 0 Å². The summed E-state index contributed by atoms with van der Waals surface area (Å²) < 4.78 is 26.4. The largest absolute Gasteiger partial charge is 0.357 e. The van der Waals surface area contributed by atoms with Crippen LogP contribution in [0.2, 0.25) is 0 Å². The molecule has 0 saturated carbocycles. The molecule has 0 fully saturated rings. The first-order valence-corrected chi connectivity index (χ1v) is 12.0. The van der Waals surface area contributed by atoms with E-state index in [2.05, 4.69) is 5.32 Å². The standard InChI is InChI=1S/C23H31N3O4S/c1-6-20(23(28)24-4)25(15-19-13-8-7-9-14-19)21(27)16-26(31(5,29)30)22-17(2)11-10-12-18(22)3/h7-14,20H,6,15-16H2,1-5H3,(H,24,28)/t20-/m1/s1. The number of nitrogens with zero attached hydrogens (tertiary/aromatic N) is 2. The average molecular weight is 446 g/mol. The minimum atomic E-state index is -3.74. The van der Waals surface area contributed by atoms with Crippen molar-refractivity contribution in [1.82, 2.24) is 10.2 Å². The Morgan fingerprint density at radius 2 is 1.58 bits per heavy atom. The van der Waals surface area contributed by atoms with Crippen LogP contribution in [0.15, 0.2) is 48.5 Å². The van der Waals surface area contributed by atoms with Gasteiger partial charge in [0.05, 0.1) is 11.9 Å². The van der Waals surface area contributed by atoms with E-state index in [-0.39, 0.29) is 19.0 Å². The summed E-state index contributed by atoms with van der Waals surface area (Å²) >= 11 is 0. The molecule has 0 heterocycles. The Kier molecular flexibility index (Phi) is 8.21. The minimum Gasteiger partial charge on any atom is -0.357 e. The van der Waals surface area contributed by atoms with Gasteiger partial charge in [-0.1, -0.05) is 55.5 Å². The maximum Gasteiger partial charge on any atom is 0.244 e. The molecule has 8 heteroatoms. The molecule has 1 N–H and O–H groups in total. The number of aryl methyl sites for hydroxylation is 2. The maximum absolute atomic E-state index is 13.5. The molecule has 168 valence electrons. The van der Waals surface area contributed by atoms with Crippen LogP contribution >= 0.6 is 0 Å². The summed E-state index contributed by atoms with van der Waals surface area (Å²) in [6, 6.07) is 14.1. The number of hydrogen-bond acceptors (Lipinski definition) is 4. The third kappa shape index (κ3) is 6.07. The Morgan fingerprint density at radius 1 is 1.00 bits per heavy atom. The smallest absolute Gasteiger partial charge is 0.244 e. The van der Waals surface area contributed by atoms with Crippen molar-refractivity contribution in [2.45, 2.75) is 39.8 Å². The normalized spacial score (nSPS) is 12.2. The predicted octanol–water partition coefficient (Wildman–Crippen LogP) is 2.62. The number of nitrogens with one attached hydrogen (secondary N) is 1. The number of amides is 2. The minimum absolute atomic E-state index is 0.204. The number of benzene rings is 2. The third-order valence-corrected chi connectivity index (χ3v) is 6.31. The Morgan fingerprint density at radius 3 is 2.06 bits per heavy atom. The van der Waals surface area contributed by atoms with E-state index in [9.17, 15) is 18.0 Å². The van der Waals surface area contributed by atoms with Crippen LogP contribution < -0.4 is 9.62 Å². The zero-order valence-corrected chi connectivity index (χ0v) is 19.6. The molecule has 0 aromatic heterocycles. The van der Waals surface area contributed by atoms with Gasteiger partial charge in [-0.15, -0.1) is 0 Å². The summed E-state index contributed by atoms with van der Waals surface area (Å²) in [5.41, 5.74) is 2.86. The van der Waals surface area contributed by atoms with Crippen molar-refractivity contribution in [3.63, 3.8) is 0 Å². The summed E-state index contributed by atoms with van der Waals surface area (Å²) in [6.07, 6.45) is 1.49. The van der Waals surface area contributed by atoms with Crippen LogP contribution in [0.1, 0.15) is 30.0 Å². The van der Waals surface area contributed by atoms with Crippen molar-refractivity contribution in [2.24, 2.45) is 0 Å². The highest BCUT2D eigenvalue weighted by Crippen LogP contribution is 2.27. The average Bonchev–Trinajstić information content (AvgIpc) is 2.72. The molecular weight excluding hydrogens is 414 g/mol. The van der Waals surface area contributed by atoms with Crippen molar-refractivity contribution in [2.75, 3.05) is 24.2 Å². The first-order valence-electron chi connectivity index (χ1n) is 10.2. The molecule has 0 spiro atoms. The Hall–Kier alpha value is -2.87. The Labute approximate surface area is 185 Å². The first-order chi connectivity index (χ1) is 14.6. The van der Waals surface area contributed by atoms with E-state index >= 15 is 0 Å². The summed E-state index contributed by atoms with van der Waals surface area (Å²) in [5, 5.41) is 2.61. The van der Waals surface area contributed by atoms with Gasteiger partial charge in [-0.3, -0.25) is 13.9 Å². The van der Waals surface area contributed by atoms with Gasteiger partial charge in [0, 0.05) is 13.6 Å². The maximum atomic E-state index is 13.5. The van der Waals surface area contributed by atoms with E-state index in [0.717, 1.165) is 27.3 Å². The molecular formula is C23H31N3O4S. The molecule has 2 amide bonds. The molecule has 0 bridgehead atoms. The van der Waals surface area contributed by atoms with E-state index in [4.69, 9.17) is 0 Å². The second kappa shape index (κ2) is 10.4. The van der Waals surface area contributed by atoms with Crippen LogP contribution in [0.25, 0.3) is 0 Å². The van der Waals surface area contributed by atoms with Crippen LogP contribution in [0.3, 0.4) is 0 Å². The number of rotatable bonds is 9. The predicted molar refractivity (Wildman–Crippen MR) is 123 cm³/mol. The highest BCUT2D eigenvalue weighted by molar-refractivity contribution is 7.92. The van der Waals surface area contributed by atoms with Gasteiger partial charge in [0.25, 0.3) is 0 Å². The van der Waals surface area contributed by atoms with Crippen LogP contribution in [0, 0.1) is 13.8 Å². The molecule has 0 aliphatic heterocycles. The number of likely N-dealkylation sites (N-methyl/N-ethyl adjacent to an activating group) is 1. The quantitative estimate of drug-likeness (QED) is 0.643. The second-order valence-corrected chi connectivity index (χ2v) is 9.46. The molecule has 1 atom stereocenters. The van der Waals surface area contributed by atoms with Crippen molar-refractivity contribution >= 4 is 27.5 Å². The van der Waals surface area contributed by atoms with Gasteiger partial charge in [0.1, 0.15) is 12.6 Å². The number of para-hydroxylation sites is 1. The zero-order chi connectivity index (χ0) is 23.2. The van der Waals surface area contributed by atoms with E-state index in [1.54, 1.807) is 0 Å². The number of carbonyl (C=O) groups is 2. The summed E-state index contributed by atoms with van der Waals surface area (Å²) in [6.45, 7) is 5.27. The van der Waals surface area contributed by atoms with Gasteiger partial charge in [0.15, 0.2) is 0 Å². The summed E-state index contributed by atoms with van der Waals surface area (Å²) in [7, 11) is -2.21. The van der Waals surface area contributed by atoms with Gasteiger partial charge in [-0.25, -0.2) is 8.42 Å². The molecule has 31 heavy (non-hydrogen) atoms. The highest BCUT2D eigenvalue weighted by atomic mass is 32.2. The lowest BCUT2D eigenvalue weighted by Gasteiger charge is -2.33. The molecule has 7 nitrogen and oxygen atoms in total. The first kappa shape index (κ1) is 24.4. The summed E-state index contributed by atoms with van der Waals surface area (Å²) in [5.74, 6) is -0.725. The fourth-order valence-electron chi connectivity index (χ4n) is 3.64. The van der Waals surface area contributed by atoms with E-state index < -0.39 is 22.0 Å². The van der Waals surface area contributed by atoms with Gasteiger partial charge < -0.3 is 10.2 Å². The lowest BCUT2D eigenvalue weighted by molar-refractivity contribution is -0.140. The zero-order valence-electron chi connectivity index (χ0n) is 18.8. The van der Waals surface area contributed by atoms with Crippen molar-refractivity contribution < 1.29 is 18.0 Å². The number of sulfonamides is 1. The van der Waals surface area contributed by atoms with E-state index in [0.29, 0.717) is 12.1 Å². The SMILES string of the molecule is CC[C@H](C(=O)NC)N(Cc1ccccc1)C(=O)CN(c1c(C)cccc1C)S(C)(=O)=O. The topological polar surface area (TPSA) is 86.8 Å². The van der Waals surface area contributed by atoms with Gasteiger partial charge >= 0.3 is 0 Å². The molecule has 2 rings (SSSR count). The number of anilines is 1. The lowest BCUT2D eigenvalue weighted by atomic mass is 10.1. The van der Waals surface area contributed by atoms with Crippen LogP contribution in [0.5, 0.6) is 0 Å². The lowest BCUT2D eigenvalue weighted by Crippen LogP contribution is -2.51. The fourth-order valence-corrected chi connectivity index (χ4v) is 4.61. The molecule has 0 unspecified atom stereocenters. The van der Waals surface area contributed by atoms with Crippen molar-refractivity contribution in [3.05, 3.63) is 65.2 Å². The van der Waals surface area contributed by atoms with E-state index in [1.807, 2.05) is 69.3 Å². The molecule has 2 aromatic rings. The number of hydrogen-bond donors (Lipinski definition) is 1. The van der Waals surface area contributed by atoms with Crippen molar-refractivity contribution in [3.8, 4) is 0 Å². The number of carbonyl (C=O) groups excluding carboxylic acids is 2.